The van der Waals surface area contributed by atoms with Crippen molar-refractivity contribution in [3.63, 3.8) is 0 Å². The summed E-state index contributed by atoms with van der Waals surface area (Å²) in [5.41, 5.74) is 1.53. The third-order valence-corrected chi connectivity index (χ3v) is 9.79. The minimum atomic E-state index is -4.03. The molecule has 3 aromatic carbocycles. The molecule has 1 saturated carbocycles. The lowest BCUT2D eigenvalue weighted by atomic mass is 9.94. The molecule has 12 heteroatoms. The number of hydrogen-bond acceptors (Lipinski definition) is 4. The van der Waals surface area contributed by atoms with E-state index in [1.165, 1.54) is 17.0 Å². The van der Waals surface area contributed by atoms with Gasteiger partial charge in [-0.3, -0.25) is 13.9 Å². The van der Waals surface area contributed by atoms with Gasteiger partial charge in [0.25, 0.3) is 0 Å². The van der Waals surface area contributed by atoms with Gasteiger partial charge in [0.15, 0.2) is 0 Å². The van der Waals surface area contributed by atoms with Crippen LogP contribution in [-0.2, 0) is 32.6 Å². The molecule has 2 amide bonds. The Morgan fingerprint density at radius 2 is 1.51 bits per heavy atom. The van der Waals surface area contributed by atoms with E-state index in [2.05, 4.69) is 5.32 Å². The molecule has 1 aliphatic rings. The SMILES string of the molecule is CS(=O)(=O)N(CC(=O)N(Cc1cccc(Cl)c1)C(Cc1ccccc1)C(=O)NC1CCCCC1)c1cc(Cl)c(Cl)cc1Cl. The highest BCUT2D eigenvalue weighted by molar-refractivity contribution is 7.92. The van der Waals surface area contributed by atoms with E-state index >= 15 is 0 Å². The molecule has 1 N–H and O–H groups in total. The molecule has 0 heterocycles. The first-order valence-electron chi connectivity index (χ1n) is 13.9. The highest BCUT2D eigenvalue weighted by atomic mass is 35.5. The molecule has 1 aliphatic carbocycles. The number of sulfonamides is 1. The van der Waals surface area contributed by atoms with Gasteiger partial charge in [-0.25, -0.2) is 8.42 Å². The summed E-state index contributed by atoms with van der Waals surface area (Å²) >= 11 is 24.9. The fraction of sp³-hybridized carbons (Fsp3) is 0.355. The predicted octanol–water partition coefficient (Wildman–Crippen LogP) is 7.16. The van der Waals surface area contributed by atoms with Crippen molar-refractivity contribution in [2.45, 2.75) is 57.2 Å². The number of halogens is 4. The third-order valence-electron chi connectivity index (χ3n) is 7.40. The van der Waals surface area contributed by atoms with E-state index in [-0.39, 0.29) is 45.7 Å². The molecule has 0 aromatic heterocycles. The zero-order valence-electron chi connectivity index (χ0n) is 23.6. The number of anilines is 1. The Morgan fingerprint density at radius 3 is 2.16 bits per heavy atom. The average Bonchev–Trinajstić information content (AvgIpc) is 2.96. The molecule has 0 aliphatic heterocycles. The molecular weight excluding hydrogens is 652 g/mol. The average molecular weight is 686 g/mol. The number of carbonyl (C=O) groups excluding carboxylic acids is 2. The minimum Gasteiger partial charge on any atom is -0.352 e. The summed E-state index contributed by atoms with van der Waals surface area (Å²) in [6.07, 6.45) is 6.08. The van der Waals surface area contributed by atoms with Crippen LogP contribution in [0.1, 0.15) is 43.2 Å². The molecule has 4 rings (SSSR count). The van der Waals surface area contributed by atoms with Crippen LogP contribution >= 0.6 is 46.4 Å². The van der Waals surface area contributed by atoms with Gasteiger partial charge in [0.1, 0.15) is 12.6 Å². The molecular formula is C31H33Cl4N3O4S. The van der Waals surface area contributed by atoms with Gasteiger partial charge in [-0.2, -0.15) is 0 Å². The molecule has 0 saturated heterocycles. The number of nitrogens with one attached hydrogen (secondary N) is 1. The second kappa shape index (κ2) is 15.0. The normalized spacial score (nSPS) is 14.6. The van der Waals surface area contributed by atoms with E-state index in [9.17, 15) is 18.0 Å². The standard InChI is InChI=1S/C31H33Cl4N3O4S/c1-43(41,42)38(28-18-26(34)25(33)17-27(28)35)20-30(39)37(19-22-11-8-12-23(32)15-22)29(16-21-9-4-2-5-10-21)31(40)36-24-13-6-3-7-14-24/h2,4-5,8-12,15,17-18,24,29H,3,6-7,13-14,16,19-20H2,1H3,(H,36,40). The molecule has 1 unspecified atom stereocenters. The first-order chi connectivity index (χ1) is 20.4. The second-order valence-electron chi connectivity index (χ2n) is 10.7. The number of rotatable bonds is 11. The van der Waals surface area contributed by atoms with Gasteiger partial charge >= 0.3 is 0 Å². The van der Waals surface area contributed by atoms with Crippen LogP contribution < -0.4 is 9.62 Å². The van der Waals surface area contributed by atoms with E-state index in [0.717, 1.165) is 48.2 Å². The lowest BCUT2D eigenvalue weighted by Gasteiger charge is -2.35. The van der Waals surface area contributed by atoms with Gasteiger partial charge in [0.05, 0.1) is 27.0 Å². The van der Waals surface area contributed by atoms with Gasteiger partial charge in [0, 0.05) is 24.0 Å². The zero-order valence-corrected chi connectivity index (χ0v) is 27.5. The summed E-state index contributed by atoms with van der Waals surface area (Å²) in [6, 6.07) is 18.1. The van der Waals surface area contributed by atoms with E-state index in [0.29, 0.717) is 10.6 Å². The van der Waals surface area contributed by atoms with Gasteiger partial charge in [-0.1, -0.05) is 108 Å². The van der Waals surface area contributed by atoms with E-state index < -0.39 is 28.5 Å². The smallest absolute Gasteiger partial charge is 0.244 e. The molecule has 7 nitrogen and oxygen atoms in total. The maximum Gasteiger partial charge on any atom is 0.244 e. The van der Waals surface area contributed by atoms with Crippen LogP contribution in [0.15, 0.2) is 66.7 Å². The molecule has 0 bridgehead atoms. The summed E-state index contributed by atoms with van der Waals surface area (Å²) in [4.78, 5) is 29.7. The van der Waals surface area contributed by atoms with Crippen LogP contribution in [0, 0.1) is 0 Å². The van der Waals surface area contributed by atoms with Crippen molar-refractivity contribution >= 4 is 73.9 Å². The molecule has 3 aromatic rings. The van der Waals surface area contributed by atoms with Crippen molar-refractivity contribution in [3.05, 3.63) is 97.9 Å². The molecule has 230 valence electrons. The monoisotopic (exact) mass is 683 g/mol. The number of benzene rings is 3. The summed E-state index contributed by atoms with van der Waals surface area (Å²) in [7, 11) is -4.03. The van der Waals surface area contributed by atoms with Gasteiger partial charge in [0.2, 0.25) is 21.8 Å². The summed E-state index contributed by atoms with van der Waals surface area (Å²) in [5.74, 6) is -0.906. The maximum atomic E-state index is 14.3. The second-order valence-corrected chi connectivity index (χ2v) is 14.3. The fourth-order valence-corrected chi connectivity index (χ4v) is 6.99. The van der Waals surface area contributed by atoms with Crippen LogP contribution in [0.5, 0.6) is 0 Å². The van der Waals surface area contributed by atoms with Crippen molar-refractivity contribution in [2.24, 2.45) is 0 Å². The fourth-order valence-electron chi connectivity index (χ4n) is 5.23. The van der Waals surface area contributed by atoms with Crippen molar-refractivity contribution in [3.8, 4) is 0 Å². The highest BCUT2D eigenvalue weighted by Gasteiger charge is 2.34. The predicted molar refractivity (Wildman–Crippen MR) is 175 cm³/mol. The zero-order chi connectivity index (χ0) is 31.1. The Labute approximate surface area is 273 Å². The van der Waals surface area contributed by atoms with E-state index in [1.807, 2.05) is 30.3 Å². The summed E-state index contributed by atoms with van der Waals surface area (Å²) < 4.78 is 26.9. The molecule has 1 fully saturated rings. The quantitative estimate of drug-likeness (QED) is 0.217. The first-order valence-corrected chi connectivity index (χ1v) is 17.3. The first kappa shape index (κ1) is 33.4. The van der Waals surface area contributed by atoms with Crippen LogP contribution in [0.25, 0.3) is 0 Å². The Bertz CT molecular complexity index is 1550. The Kier molecular flexibility index (Phi) is 11.6. The lowest BCUT2D eigenvalue weighted by molar-refractivity contribution is -0.140. The van der Waals surface area contributed by atoms with Gasteiger partial charge in [-0.15, -0.1) is 0 Å². The van der Waals surface area contributed by atoms with Crippen molar-refractivity contribution in [2.75, 3.05) is 17.1 Å². The lowest BCUT2D eigenvalue weighted by Crippen LogP contribution is -2.55. The molecule has 43 heavy (non-hydrogen) atoms. The van der Waals surface area contributed by atoms with Gasteiger partial charge < -0.3 is 10.2 Å². The van der Waals surface area contributed by atoms with Crippen LogP contribution in [-0.4, -0.2) is 50.0 Å². The largest absolute Gasteiger partial charge is 0.352 e. The molecule has 0 spiro atoms. The van der Waals surface area contributed by atoms with Crippen LogP contribution in [0.3, 0.4) is 0 Å². The highest BCUT2D eigenvalue weighted by Crippen LogP contribution is 2.36. The van der Waals surface area contributed by atoms with Crippen molar-refractivity contribution in [1.29, 1.82) is 0 Å². The van der Waals surface area contributed by atoms with Crippen molar-refractivity contribution in [1.82, 2.24) is 10.2 Å². The Morgan fingerprint density at radius 1 is 0.860 bits per heavy atom. The van der Waals surface area contributed by atoms with Crippen LogP contribution in [0.4, 0.5) is 5.69 Å². The van der Waals surface area contributed by atoms with Gasteiger partial charge in [-0.05, 0) is 48.2 Å². The van der Waals surface area contributed by atoms with Crippen LogP contribution in [0.2, 0.25) is 20.1 Å². The third kappa shape index (κ3) is 9.25. The number of carbonyl (C=O) groups is 2. The molecule has 0 radical (unpaired) electrons. The number of hydrogen-bond donors (Lipinski definition) is 1. The summed E-state index contributed by atoms with van der Waals surface area (Å²) in [5, 5.41) is 3.85. The van der Waals surface area contributed by atoms with Crippen molar-refractivity contribution < 1.29 is 18.0 Å². The topological polar surface area (TPSA) is 86.8 Å². The maximum absolute atomic E-state index is 14.3. The number of amides is 2. The Hall–Kier alpha value is -2.49. The molecule has 1 atom stereocenters. The number of nitrogens with zero attached hydrogens (tertiary/aromatic N) is 2. The summed E-state index contributed by atoms with van der Waals surface area (Å²) in [6.45, 7) is -0.610. The van der Waals surface area contributed by atoms with E-state index in [1.54, 1.807) is 24.3 Å². The van der Waals surface area contributed by atoms with E-state index in [4.69, 9.17) is 46.4 Å². The minimum absolute atomic E-state index is 0.000823. The Balaban J connectivity index is 1.75.